The molecule has 0 saturated heterocycles. The molecule has 0 fully saturated rings. The average molecular weight is 337 g/mol. The molecule has 1 N–H and O–H groups in total. The lowest BCUT2D eigenvalue weighted by molar-refractivity contribution is 0.135. The predicted octanol–water partition coefficient (Wildman–Crippen LogP) is 3.16. The zero-order chi connectivity index (χ0) is 14.1. The van der Waals surface area contributed by atoms with Gasteiger partial charge in [0.2, 0.25) is 5.89 Å². The molecule has 0 radical (unpaired) electrons. The third-order valence-electron chi connectivity index (χ3n) is 3.08. The van der Waals surface area contributed by atoms with Gasteiger partial charge in [-0.05, 0) is 12.1 Å². The molecule has 0 spiro atoms. The van der Waals surface area contributed by atoms with Crippen LogP contribution in [-0.2, 0) is 18.1 Å². The summed E-state index contributed by atoms with van der Waals surface area (Å²) < 4.78 is 13.7. The standard InChI is InChI=1S/C14H13BrN2O3/c1-19-8-17-6-9(12-5-16-13(7-18)20-12)14-10(15)3-2-4-11(14)17/h2-6,18H,7-8H2,1H3. The van der Waals surface area contributed by atoms with Gasteiger partial charge in [0.25, 0.3) is 0 Å². The zero-order valence-corrected chi connectivity index (χ0v) is 12.4. The molecule has 6 heteroatoms. The van der Waals surface area contributed by atoms with Crippen molar-refractivity contribution in [3.05, 3.63) is 41.0 Å². The lowest BCUT2D eigenvalue weighted by atomic mass is 10.1. The molecule has 5 nitrogen and oxygen atoms in total. The van der Waals surface area contributed by atoms with Gasteiger partial charge in [-0.1, -0.05) is 22.0 Å². The minimum absolute atomic E-state index is 0.210. The topological polar surface area (TPSA) is 60.4 Å². The largest absolute Gasteiger partial charge is 0.438 e. The number of ether oxygens (including phenoxy) is 1. The van der Waals surface area contributed by atoms with Crippen molar-refractivity contribution in [3.8, 4) is 11.3 Å². The van der Waals surface area contributed by atoms with Crippen molar-refractivity contribution in [1.82, 2.24) is 9.55 Å². The summed E-state index contributed by atoms with van der Waals surface area (Å²) in [6.07, 6.45) is 3.58. The molecule has 3 rings (SSSR count). The van der Waals surface area contributed by atoms with Crippen molar-refractivity contribution in [2.45, 2.75) is 13.3 Å². The quantitative estimate of drug-likeness (QED) is 0.794. The van der Waals surface area contributed by atoms with E-state index in [1.165, 1.54) is 0 Å². The van der Waals surface area contributed by atoms with Gasteiger partial charge in [0.15, 0.2) is 5.76 Å². The maximum Gasteiger partial charge on any atom is 0.220 e. The van der Waals surface area contributed by atoms with Crippen LogP contribution in [0.4, 0.5) is 0 Å². The first kappa shape index (κ1) is 13.4. The molecule has 0 amide bonds. The van der Waals surface area contributed by atoms with Crippen LogP contribution in [0.3, 0.4) is 0 Å². The molecule has 2 aromatic heterocycles. The van der Waals surface area contributed by atoms with Crippen molar-refractivity contribution >= 4 is 26.8 Å². The van der Waals surface area contributed by atoms with Crippen LogP contribution in [0, 0.1) is 0 Å². The Bertz CT molecular complexity index is 748. The van der Waals surface area contributed by atoms with Gasteiger partial charge in [0, 0.05) is 28.7 Å². The summed E-state index contributed by atoms with van der Waals surface area (Å²) in [5, 5.41) is 10.1. The van der Waals surface area contributed by atoms with Crippen LogP contribution in [0.15, 0.2) is 39.5 Å². The number of rotatable bonds is 4. The summed E-state index contributed by atoms with van der Waals surface area (Å²) in [4.78, 5) is 4.03. The van der Waals surface area contributed by atoms with E-state index in [0.29, 0.717) is 18.4 Å². The molecule has 20 heavy (non-hydrogen) atoms. The minimum atomic E-state index is -0.210. The Morgan fingerprint density at radius 2 is 2.30 bits per heavy atom. The summed E-state index contributed by atoms with van der Waals surface area (Å²) >= 11 is 3.57. The Hall–Kier alpha value is -1.63. The number of fused-ring (bicyclic) bond motifs is 1. The summed E-state index contributed by atoms with van der Waals surface area (Å²) in [5.74, 6) is 0.931. The lowest BCUT2D eigenvalue weighted by Gasteiger charge is -2.02. The number of nitrogens with zero attached hydrogens (tertiary/aromatic N) is 2. The van der Waals surface area contributed by atoms with Crippen molar-refractivity contribution < 1.29 is 14.3 Å². The number of halogens is 1. The smallest absolute Gasteiger partial charge is 0.220 e. The van der Waals surface area contributed by atoms with Gasteiger partial charge in [-0.25, -0.2) is 4.98 Å². The van der Waals surface area contributed by atoms with E-state index in [4.69, 9.17) is 14.3 Å². The van der Waals surface area contributed by atoms with E-state index in [2.05, 4.69) is 20.9 Å². The second kappa shape index (κ2) is 5.40. The van der Waals surface area contributed by atoms with E-state index < -0.39 is 0 Å². The third-order valence-corrected chi connectivity index (χ3v) is 3.74. The summed E-state index contributed by atoms with van der Waals surface area (Å²) in [6, 6.07) is 5.97. The molecule has 2 heterocycles. The fourth-order valence-electron chi connectivity index (χ4n) is 2.25. The van der Waals surface area contributed by atoms with Crippen LogP contribution in [0.1, 0.15) is 5.89 Å². The highest BCUT2D eigenvalue weighted by atomic mass is 79.9. The van der Waals surface area contributed by atoms with Gasteiger partial charge in [0.1, 0.15) is 13.3 Å². The fraction of sp³-hybridized carbons (Fsp3) is 0.214. The molecule has 0 aliphatic rings. The van der Waals surface area contributed by atoms with Crippen LogP contribution >= 0.6 is 15.9 Å². The second-order valence-electron chi connectivity index (χ2n) is 4.34. The highest BCUT2D eigenvalue weighted by Gasteiger charge is 2.16. The molecule has 3 aromatic rings. The van der Waals surface area contributed by atoms with Crippen LogP contribution in [0.2, 0.25) is 0 Å². The molecule has 0 aliphatic carbocycles. The number of hydrogen-bond acceptors (Lipinski definition) is 4. The summed E-state index contributed by atoms with van der Waals surface area (Å²) in [7, 11) is 1.65. The monoisotopic (exact) mass is 336 g/mol. The molecule has 1 aromatic carbocycles. The molecule has 0 unspecified atom stereocenters. The van der Waals surface area contributed by atoms with E-state index in [9.17, 15) is 0 Å². The van der Waals surface area contributed by atoms with Gasteiger partial charge in [-0.2, -0.15) is 0 Å². The second-order valence-corrected chi connectivity index (χ2v) is 5.19. The SMILES string of the molecule is COCn1cc(-c2cnc(CO)o2)c2c(Br)cccc21. The number of aromatic nitrogens is 2. The van der Waals surface area contributed by atoms with Crippen LogP contribution in [0.5, 0.6) is 0 Å². The number of oxazole rings is 1. The first-order chi connectivity index (χ1) is 9.74. The van der Waals surface area contributed by atoms with Crippen LogP contribution < -0.4 is 0 Å². The number of aliphatic hydroxyl groups excluding tert-OH is 1. The summed E-state index contributed by atoms with van der Waals surface area (Å²) in [5.41, 5.74) is 1.95. The van der Waals surface area contributed by atoms with Gasteiger partial charge in [-0.15, -0.1) is 0 Å². The van der Waals surface area contributed by atoms with E-state index in [0.717, 1.165) is 20.9 Å². The zero-order valence-electron chi connectivity index (χ0n) is 10.8. The number of aliphatic hydroxyl groups is 1. The Kier molecular flexibility index (Phi) is 3.60. The predicted molar refractivity (Wildman–Crippen MR) is 78.1 cm³/mol. The molecule has 0 atom stereocenters. The Labute approximate surface area is 123 Å². The van der Waals surface area contributed by atoms with E-state index >= 15 is 0 Å². The van der Waals surface area contributed by atoms with Crippen LogP contribution in [0.25, 0.3) is 22.2 Å². The van der Waals surface area contributed by atoms with Gasteiger partial charge < -0.3 is 18.8 Å². The summed E-state index contributed by atoms with van der Waals surface area (Å²) in [6.45, 7) is 0.242. The Morgan fingerprint density at radius 3 is 3.00 bits per heavy atom. The molecule has 0 bridgehead atoms. The van der Waals surface area contributed by atoms with E-state index in [1.807, 2.05) is 29.0 Å². The molecule has 0 aliphatic heterocycles. The maximum absolute atomic E-state index is 9.06. The highest BCUT2D eigenvalue weighted by Crippen LogP contribution is 2.36. The van der Waals surface area contributed by atoms with Gasteiger partial charge in [0.05, 0.1) is 11.7 Å². The molecular weight excluding hydrogens is 324 g/mol. The normalized spacial score (nSPS) is 11.3. The third kappa shape index (κ3) is 2.15. The van der Waals surface area contributed by atoms with Crippen molar-refractivity contribution in [2.75, 3.05) is 7.11 Å². The molecule has 0 saturated carbocycles. The maximum atomic E-state index is 9.06. The first-order valence-electron chi connectivity index (χ1n) is 6.07. The van der Waals surface area contributed by atoms with Crippen molar-refractivity contribution in [2.24, 2.45) is 0 Å². The Balaban J connectivity index is 2.24. The first-order valence-corrected chi connectivity index (χ1v) is 6.86. The Morgan fingerprint density at radius 1 is 1.45 bits per heavy atom. The van der Waals surface area contributed by atoms with Crippen molar-refractivity contribution in [3.63, 3.8) is 0 Å². The number of methoxy groups -OCH3 is 1. The van der Waals surface area contributed by atoms with Crippen LogP contribution in [-0.4, -0.2) is 21.8 Å². The van der Waals surface area contributed by atoms with Gasteiger partial charge in [-0.3, -0.25) is 0 Å². The van der Waals surface area contributed by atoms with Gasteiger partial charge >= 0.3 is 0 Å². The van der Waals surface area contributed by atoms with E-state index in [1.54, 1.807) is 13.3 Å². The molecule has 104 valence electrons. The number of hydrogen-bond donors (Lipinski definition) is 1. The highest BCUT2D eigenvalue weighted by molar-refractivity contribution is 9.10. The number of benzene rings is 1. The average Bonchev–Trinajstić information content (AvgIpc) is 3.05. The minimum Gasteiger partial charge on any atom is -0.438 e. The fourth-order valence-corrected chi connectivity index (χ4v) is 2.82. The lowest BCUT2D eigenvalue weighted by Crippen LogP contribution is -1.96. The molecular formula is C14H13BrN2O3. The van der Waals surface area contributed by atoms with Crippen molar-refractivity contribution in [1.29, 1.82) is 0 Å². The van der Waals surface area contributed by atoms with E-state index in [-0.39, 0.29) is 6.61 Å².